The lowest BCUT2D eigenvalue weighted by Crippen LogP contribution is -2.41. The highest BCUT2D eigenvalue weighted by Crippen LogP contribution is 2.34. The smallest absolute Gasteiger partial charge is 0.242 e. The van der Waals surface area contributed by atoms with E-state index in [2.05, 4.69) is 4.72 Å². The van der Waals surface area contributed by atoms with Crippen LogP contribution < -0.4 is 4.72 Å². The number of rotatable bonds is 6. The normalized spacial score (nSPS) is 14.3. The van der Waals surface area contributed by atoms with Crippen LogP contribution in [0, 0.1) is 6.92 Å². The third-order valence-electron chi connectivity index (χ3n) is 3.95. The Morgan fingerprint density at radius 3 is 2.65 bits per heavy atom. The number of aryl methyl sites for hydroxylation is 1. The van der Waals surface area contributed by atoms with Gasteiger partial charge in [0.15, 0.2) is 0 Å². The van der Waals surface area contributed by atoms with E-state index >= 15 is 0 Å². The van der Waals surface area contributed by atoms with Crippen molar-refractivity contribution in [3.8, 4) is 0 Å². The van der Waals surface area contributed by atoms with Crippen molar-refractivity contribution >= 4 is 44.6 Å². The molecular weight excluding hydrogens is 417 g/mol. The Kier molecular flexibility index (Phi) is 5.48. The molecule has 1 atom stereocenters. The highest BCUT2D eigenvalue weighted by molar-refractivity contribution is 7.89. The minimum atomic E-state index is -3.97. The van der Waals surface area contributed by atoms with Crippen LogP contribution in [0.1, 0.15) is 16.0 Å². The van der Waals surface area contributed by atoms with Crippen molar-refractivity contribution in [3.63, 3.8) is 0 Å². The number of halogens is 2. The lowest BCUT2D eigenvalue weighted by atomic mass is 9.95. The number of benzene rings is 1. The first-order chi connectivity index (χ1) is 12.2. The number of sulfonamides is 1. The van der Waals surface area contributed by atoms with Crippen LogP contribution in [-0.2, 0) is 15.6 Å². The van der Waals surface area contributed by atoms with E-state index in [1.165, 1.54) is 36.0 Å². The summed E-state index contributed by atoms with van der Waals surface area (Å²) in [4.78, 5) is 0.488. The maximum absolute atomic E-state index is 12.7. The zero-order chi connectivity index (χ0) is 18.9. The summed E-state index contributed by atoms with van der Waals surface area (Å²) in [7, 11) is -3.97. The zero-order valence-electron chi connectivity index (χ0n) is 13.6. The van der Waals surface area contributed by atoms with Gasteiger partial charge < -0.3 is 9.52 Å². The van der Waals surface area contributed by atoms with Gasteiger partial charge in [0.25, 0.3) is 0 Å². The van der Waals surface area contributed by atoms with Crippen molar-refractivity contribution in [2.45, 2.75) is 17.4 Å². The van der Waals surface area contributed by atoms with E-state index in [9.17, 15) is 13.5 Å². The summed E-state index contributed by atoms with van der Waals surface area (Å²) in [6, 6.07) is 7.88. The van der Waals surface area contributed by atoms with Crippen LogP contribution in [0.4, 0.5) is 0 Å². The first-order valence-corrected chi connectivity index (χ1v) is 10.6. The van der Waals surface area contributed by atoms with Gasteiger partial charge in [-0.3, -0.25) is 0 Å². The number of hydrogen-bond acceptors (Lipinski definition) is 5. The number of nitrogens with one attached hydrogen (secondary N) is 1. The van der Waals surface area contributed by atoms with E-state index in [0.29, 0.717) is 21.0 Å². The molecule has 26 heavy (non-hydrogen) atoms. The van der Waals surface area contributed by atoms with Crippen LogP contribution in [0.15, 0.2) is 57.6 Å². The Balaban J connectivity index is 1.94. The van der Waals surface area contributed by atoms with Crippen LogP contribution >= 0.6 is 34.5 Å². The topological polar surface area (TPSA) is 79.5 Å². The molecule has 0 aliphatic heterocycles. The fourth-order valence-electron chi connectivity index (χ4n) is 2.46. The molecule has 5 nitrogen and oxygen atoms in total. The lowest BCUT2D eigenvalue weighted by Gasteiger charge is -2.26. The molecule has 2 heterocycles. The van der Waals surface area contributed by atoms with E-state index in [4.69, 9.17) is 27.6 Å². The Bertz CT molecular complexity index is 966. The van der Waals surface area contributed by atoms with Crippen molar-refractivity contribution in [3.05, 3.63) is 74.3 Å². The Morgan fingerprint density at radius 2 is 2.04 bits per heavy atom. The van der Waals surface area contributed by atoms with Crippen molar-refractivity contribution in [2.24, 2.45) is 0 Å². The fourth-order valence-corrected chi connectivity index (χ4v) is 5.19. The summed E-state index contributed by atoms with van der Waals surface area (Å²) in [6.07, 6.45) is 2.80. The molecule has 0 fully saturated rings. The standard InChI is InChI=1S/C17H15Cl2NO4S2/c1-11-7-15(14(19)8-13(11)18)26(22,23)20-10-17(21,12-4-5-24-9-12)16-3-2-6-25-16/h2-9,20-21H,10H2,1H3/t17-/m1/s1. The van der Waals surface area contributed by atoms with Crippen LogP contribution in [0.2, 0.25) is 10.0 Å². The summed E-state index contributed by atoms with van der Waals surface area (Å²) < 4.78 is 33.0. The van der Waals surface area contributed by atoms with E-state index < -0.39 is 15.6 Å². The molecular formula is C17H15Cl2NO4S2. The molecule has 2 aromatic heterocycles. The molecule has 0 saturated carbocycles. The Morgan fingerprint density at radius 1 is 1.27 bits per heavy atom. The Hall–Kier alpha value is -1.35. The van der Waals surface area contributed by atoms with E-state index in [1.54, 1.807) is 30.5 Å². The molecule has 0 aliphatic carbocycles. The summed E-state index contributed by atoms with van der Waals surface area (Å²) in [5.41, 5.74) is -0.539. The van der Waals surface area contributed by atoms with Gasteiger partial charge in [0, 0.05) is 22.0 Å². The van der Waals surface area contributed by atoms with Crippen molar-refractivity contribution in [1.82, 2.24) is 4.72 Å². The molecule has 0 spiro atoms. The average molecular weight is 432 g/mol. The average Bonchev–Trinajstić information content (AvgIpc) is 3.29. The monoisotopic (exact) mass is 431 g/mol. The molecule has 0 bridgehead atoms. The molecule has 0 aliphatic rings. The van der Waals surface area contributed by atoms with Crippen molar-refractivity contribution in [2.75, 3.05) is 6.54 Å². The van der Waals surface area contributed by atoms with Crippen LogP contribution in [-0.4, -0.2) is 20.1 Å². The van der Waals surface area contributed by atoms with Gasteiger partial charge in [-0.1, -0.05) is 29.3 Å². The van der Waals surface area contributed by atoms with Gasteiger partial charge in [0.05, 0.1) is 17.5 Å². The number of thiophene rings is 1. The minimum Gasteiger partial charge on any atom is -0.472 e. The second-order valence-electron chi connectivity index (χ2n) is 5.71. The van der Waals surface area contributed by atoms with Crippen molar-refractivity contribution < 1.29 is 17.9 Å². The van der Waals surface area contributed by atoms with E-state index in [-0.39, 0.29) is 16.5 Å². The maximum Gasteiger partial charge on any atom is 0.242 e. The molecule has 0 radical (unpaired) electrons. The SMILES string of the molecule is Cc1cc(S(=O)(=O)NC[C@@](O)(c2ccoc2)c2cccs2)c(Cl)cc1Cl. The number of furan rings is 1. The van der Waals surface area contributed by atoms with Gasteiger partial charge >= 0.3 is 0 Å². The Labute approximate surface area is 165 Å². The number of hydrogen-bond donors (Lipinski definition) is 2. The maximum atomic E-state index is 12.7. The van der Waals surface area contributed by atoms with Crippen LogP contribution in [0.5, 0.6) is 0 Å². The van der Waals surface area contributed by atoms with E-state index in [1.807, 2.05) is 0 Å². The van der Waals surface area contributed by atoms with Gasteiger partial charge in [0.2, 0.25) is 10.0 Å². The van der Waals surface area contributed by atoms with Gasteiger partial charge in [0.1, 0.15) is 10.5 Å². The molecule has 0 amide bonds. The summed E-state index contributed by atoms with van der Waals surface area (Å²) in [6.45, 7) is 1.40. The quantitative estimate of drug-likeness (QED) is 0.613. The largest absolute Gasteiger partial charge is 0.472 e. The van der Waals surface area contributed by atoms with Gasteiger partial charge in [-0.15, -0.1) is 11.3 Å². The van der Waals surface area contributed by atoms with Gasteiger partial charge in [-0.05, 0) is 42.1 Å². The number of aliphatic hydroxyl groups is 1. The minimum absolute atomic E-state index is 0.0103. The predicted molar refractivity (Wildman–Crippen MR) is 102 cm³/mol. The molecule has 3 aromatic rings. The molecule has 0 saturated heterocycles. The van der Waals surface area contributed by atoms with E-state index in [0.717, 1.165) is 0 Å². The van der Waals surface area contributed by atoms with Gasteiger partial charge in [-0.2, -0.15) is 0 Å². The van der Waals surface area contributed by atoms with Crippen LogP contribution in [0.3, 0.4) is 0 Å². The van der Waals surface area contributed by atoms with Crippen molar-refractivity contribution in [1.29, 1.82) is 0 Å². The van der Waals surface area contributed by atoms with Gasteiger partial charge in [-0.25, -0.2) is 13.1 Å². The fraction of sp³-hybridized carbons (Fsp3) is 0.176. The highest BCUT2D eigenvalue weighted by Gasteiger charge is 2.35. The zero-order valence-corrected chi connectivity index (χ0v) is 16.7. The highest BCUT2D eigenvalue weighted by atomic mass is 35.5. The van der Waals surface area contributed by atoms with Crippen LogP contribution in [0.25, 0.3) is 0 Å². The second-order valence-corrected chi connectivity index (χ2v) is 9.20. The third kappa shape index (κ3) is 3.69. The molecule has 138 valence electrons. The lowest BCUT2D eigenvalue weighted by molar-refractivity contribution is 0.0892. The first-order valence-electron chi connectivity index (χ1n) is 7.48. The first kappa shape index (κ1) is 19.4. The summed E-state index contributed by atoms with van der Waals surface area (Å²) >= 11 is 13.3. The summed E-state index contributed by atoms with van der Waals surface area (Å²) in [5.74, 6) is 0. The molecule has 3 rings (SSSR count). The molecule has 2 N–H and O–H groups in total. The molecule has 9 heteroatoms. The summed E-state index contributed by atoms with van der Waals surface area (Å²) in [5, 5.41) is 13.4. The molecule has 0 unspecified atom stereocenters. The third-order valence-corrected chi connectivity index (χ3v) is 7.24. The predicted octanol–water partition coefficient (Wildman–Crippen LogP) is 4.17. The molecule has 1 aromatic carbocycles. The second kappa shape index (κ2) is 7.34.